The van der Waals surface area contributed by atoms with E-state index in [9.17, 15) is 23.1 Å². The van der Waals surface area contributed by atoms with Crippen LogP contribution in [-0.2, 0) is 11.3 Å². The molecule has 2 aromatic rings. The van der Waals surface area contributed by atoms with Crippen molar-refractivity contribution in [3.05, 3.63) is 53.6 Å². The molecular weight excluding hydrogens is 325 g/mol. The number of aliphatic hydroxyl groups excluding tert-OH is 1. The molecule has 0 fully saturated rings. The zero-order chi connectivity index (χ0) is 17.5. The Balaban J connectivity index is 2.09. The van der Waals surface area contributed by atoms with Crippen molar-refractivity contribution < 1.29 is 27.8 Å². The summed E-state index contributed by atoms with van der Waals surface area (Å²) in [5, 5.41) is 9.74. The Labute approximate surface area is 135 Å². The molecule has 3 rings (SSSR count). The number of pyridine rings is 1. The largest absolute Gasteiger partial charge is 0.483 e. The van der Waals surface area contributed by atoms with Gasteiger partial charge in [0.25, 0.3) is 0 Å². The van der Waals surface area contributed by atoms with Crippen LogP contribution in [0.2, 0.25) is 0 Å². The molecule has 1 aliphatic heterocycles. The fourth-order valence-electron chi connectivity index (χ4n) is 2.49. The number of halogens is 3. The number of ether oxygens (including phenoxy) is 1. The van der Waals surface area contributed by atoms with Gasteiger partial charge in [0.2, 0.25) is 5.95 Å². The van der Waals surface area contributed by atoms with E-state index in [0.29, 0.717) is 0 Å². The van der Waals surface area contributed by atoms with Crippen LogP contribution in [0.15, 0.2) is 36.4 Å². The van der Waals surface area contributed by atoms with Crippen molar-refractivity contribution >= 4 is 11.6 Å². The molecule has 2 heterocycles. The first-order chi connectivity index (χ1) is 11.3. The first-order valence-corrected chi connectivity index (χ1v) is 7.11. The Kier molecular flexibility index (Phi) is 3.92. The van der Waals surface area contributed by atoms with Crippen LogP contribution in [0.1, 0.15) is 24.3 Å². The number of para-hydroxylation sites is 1. The van der Waals surface area contributed by atoms with E-state index in [1.807, 2.05) is 0 Å². The number of carbonyl (C=O) groups excluding carboxylic acids is 1. The Bertz CT molecular complexity index is 796. The van der Waals surface area contributed by atoms with Crippen LogP contribution in [-0.4, -0.2) is 22.1 Å². The molecule has 24 heavy (non-hydrogen) atoms. The number of amides is 1. The number of aromatic nitrogens is 1. The van der Waals surface area contributed by atoms with Crippen LogP contribution in [0, 0.1) is 5.95 Å². The summed E-state index contributed by atoms with van der Waals surface area (Å²) in [4.78, 5) is 16.4. The fraction of sp³-hybridized carbons (Fsp3) is 0.250. The molecule has 0 radical (unpaired) electrons. The van der Waals surface area contributed by atoms with Crippen LogP contribution >= 0.6 is 0 Å². The van der Waals surface area contributed by atoms with Gasteiger partial charge in [-0.2, -0.15) is 13.2 Å². The van der Waals surface area contributed by atoms with Crippen molar-refractivity contribution in [3.8, 4) is 5.75 Å². The van der Waals surface area contributed by atoms with E-state index in [0.717, 1.165) is 11.0 Å². The summed E-state index contributed by atoms with van der Waals surface area (Å²) >= 11 is 0. The van der Waals surface area contributed by atoms with Crippen molar-refractivity contribution in [2.75, 3.05) is 4.90 Å². The Hall–Kier alpha value is -2.61. The lowest BCUT2D eigenvalue weighted by molar-refractivity contribution is -0.193. The molecule has 0 bridgehead atoms. The minimum atomic E-state index is -4.09. The van der Waals surface area contributed by atoms with Crippen LogP contribution in [0.3, 0.4) is 0 Å². The number of hydrogen-bond donors (Lipinski definition) is 1. The number of rotatable bonds is 3. The van der Waals surface area contributed by atoms with Crippen LogP contribution < -0.4 is 9.64 Å². The number of hydrogen-bond acceptors (Lipinski definition) is 4. The van der Waals surface area contributed by atoms with Gasteiger partial charge in [-0.05, 0) is 25.1 Å². The summed E-state index contributed by atoms with van der Waals surface area (Å²) in [5.74, 6) is -2.64. The van der Waals surface area contributed by atoms with E-state index in [2.05, 4.69) is 9.72 Å². The standard InChI is InChI=1S/C16H13F3N2O3/c1-9(22)11-5-3-6-12-14(11)24-16(18,19)15(23)21(12)8-10-4-2-7-13(17)20-10/h2-7,9,22H,8H2,1H3/t9-/m1/s1. The van der Waals surface area contributed by atoms with Gasteiger partial charge < -0.3 is 9.84 Å². The van der Waals surface area contributed by atoms with Gasteiger partial charge >= 0.3 is 12.0 Å². The molecular formula is C16H13F3N2O3. The molecule has 1 N–H and O–H groups in total. The average molecular weight is 338 g/mol. The predicted molar refractivity (Wildman–Crippen MR) is 78.0 cm³/mol. The van der Waals surface area contributed by atoms with Gasteiger partial charge in [-0.25, -0.2) is 4.98 Å². The van der Waals surface area contributed by atoms with E-state index in [1.165, 1.54) is 37.3 Å². The third kappa shape index (κ3) is 2.80. The maximum Gasteiger partial charge on any atom is 0.483 e. The maximum atomic E-state index is 14.0. The lowest BCUT2D eigenvalue weighted by Crippen LogP contribution is -2.50. The monoisotopic (exact) mass is 338 g/mol. The molecule has 5 nitrogen and oxygen atoms in total. The quantitative estimate of drug-likeness (QED) is 0.874. The number of aliphatic hydroxyl groups is 1. The number of benzene rings is 1. The zero-order valence-corrected chi connectivity index (χ0v) is 12.5. The van der Waals surface area contributed by atoms with Crippen molar-refractivity contribution in [2.24, 2.45) is 0 Å². The Morgan fingerprint density at radius 1 is 1.29 bits per heavy atom. The summed E-state index contributed by atoms with van der Waals surface area (Å²) in [6, 6.07) is 8.24. The summed E-state index contributed by atoms with van der Waals surface area (Å²) < 4.78 is 45.7. The van der Waals surface area contributed by atoms with Gasteiger partial charge in [-0.3, -0.25) is 9.69 Å². The molecule has 1 amide bonds. The summed E-state index contributed by atoms with van der Waals surface area (Å²) in [5.41, 5.74) is 0.293. The molecule has 1 aromatic carbocycles. The second kappa shape index (κ2) is 5.79. The number of alkyl halides is 2. The van der Waals surface area contributed by atoms with E-state index in [1.54, 1.807) is 0 Å². The van der Waals surface area contributed by atoms with E-state index in [-0.39, 0.29) is 29.2 Å². The lowest BCUT2D eigenvalue weighted by atomic mass is 10.1. The van der Waals surface area contributed by atoms with Crippen molar-refractivity contribution in [1.29, 1.82) is 0 Å². The molecule has 126 valence electrons. The van der Waals surface area contributed by atoms with Crippen molar-refractivity contribution in [1.82, 2.24) is 4.98 Å². The average Bonchev–Trinajstić information content (AvgIpc) is 2.51. The van der Waals surface area contributed by atoms with Crippen LogP contribution in [0.4, 0.5) is 18.9 Å². The molecule has 1 atom stereocenters. The molecule has 1 aromatic heterocycles. The maximum absolute atomic E-state index is 14.0. The summed E-state index contributed by atoms with van der Waals surface area (Å²) in [6.07, 6.45) is -5.16. The molecule has 0 unspecified atom stereocenters. The van der Waals surface area contributed by atoms with E-state index in [4.69, 9.17) is 0 Å². The number of fused-ring (bicyclic) bond motifs is 1. The SMILES string of the molecule is C[C@@H](O)c1cccc2c1OC(F)(F)C(=O)N2Cc1cccc(F)n1. The third-order valence-corrected chi connectivity index (χ3v) is 3.58. The van der Waals surface area contributed by atoms with Crippen molar-refractivity contribution in [2.45, 2.75) is 25.7 Å². The van der Waals surface area contributed by atoms with Gasteiger partial charge in [0, 0.05) is 5.56 Å². The normalized spacial score (nSPS) is 17.2. The van der Waals surface area contributed by atoms with Gasteiger partial charge in [0.1, 0.15) is 0 Å². The number of nitrogens with zero attached hydrogens (tertiary/aromatic N) is 2. The first-order valence-electron chi connectivity index (χ1n) is 7.11. The van der Waals surface area contributed by atoms with Crippen molar-refractivity contribution in [3.63, 3.8) is 0 Å². The fourth-order valence-corrected chi connectivity index (χ4v) is 2.49. The second-order valence-electron chi connectivity index (χ2n) is 5.33. The topological polar surface area (TPSA) is 62.7 Å². The van der Waals surface area contributed by atoms with Gasteiger partial charge in [0.15, 0.2) is 5.75 Å². The Morgan fingerprint density at radius 3 is 2.67 bits per heavy atom. The minimum absolute atomic E-state index is 0.0652. The van der Waals surface area contributed by atoms with Gasteiger partial charge in [0.05, 0.1) is 24.0 Å². The Morgan fingerprint density at radius 2 is 2.00 bits per heavy atom. The molecule has 0 spiro atoms. The third-order valence-electron chi connectivity index (χ3n) is 3.58. The van der Waals surface area contributed by atoms with Crippen LogP contribution in [0.5, 0.6) is 5.75 Å². The number of anilines is 1. The summed E-state index contributed by atoms with van der Waals surface area (Å²) in [6.45, 7) is 1.04. The molecule has 0 saturated heterocycles. The first kappa shape index (κ1) is 16.3. The zero-order valence-electron chi connectivity index (χ0n) is 12.5. The van der Waals surface area contributed by atoms with E-state index < -0.39 is 24.1 Å². The summed E-state index contributed by atoms with van der Waals surface area (Å²) in [7, 11) is 0. The second-order valence-corrected chi connectivity index (χ2v) is 5.33. The van der Waals surface area contributed by atoms with Gasteiger partial charge in [-0.1, -0.05) is 18.2 Å². The highest BCUT2D eigenvalue weighted by atomic mass is 19.3. The predicted octanol–water partition coefficient (Wildman–Crippen LogP) is 2.79. The smallest absolute Gasteiger partial charge is 0.423 e. The lowest BCUT2D eigenvalue weighted by Gasteiger charge is -2.34. The molecule has 0 aliphatic carbocycles. The van der Waals surface area contributed by atoms with Crippen LogP contribution in [0.25, 0.3) is 0 Å². The highest BCUT2D eigenvalue weighted by Gasteiger charge is 2.51. The number of carbonyl (C=O) groups is 1. The molecule has 8 heteroatoms. The molecule has 0 saturated carbocycles. The highest BCUT2D eigenvalue weighted by Crippen LogP contribution is 2.43. The minimum Gasteiger partial charge on any atom is -0.423 e. The van der Waals surface area contributed by atoms with E-state index >= 15 is 0 Å². The van der Waals surface area contributed by atoms with Gasteiger partial charge in [-0.15, -0.1) is 0 Å². The molecule has 1 aliphatic rings. The highest BCUT2D eigenvalue weighted by molar-refractivity contribution is 6.01.